The monoisotopic (exact) mass is 372 g/mol. The van der Waals surface area contributed by atoms with Crippen LogP contribution in [0.15, 0.2) is 48.5 Å². The minimum Gasteiger partial charge on any atom is -0.490 e. The molecule has 2 aromatic rings. The number of ether oxygens (including phenoxy) is 3. The van der Waals surface area contributed by atoms with Crippen LogP contribution in [-0.4, -0.2) is 52.4 Å². The summed E-state index contributed by atoms with van der Waals surface area (Å²) in [6, 6.07) is 13.7. The maximum Gasteiger partial charge on any atom is 0.259 e. The highest BCUT2D eigenvalue weighted by Gasteiger charge is 2.16. The lowest BCUT2D eigenvalue weighted by Gasteiger charge is -2.14. The lowest BCUT2D eigenvalue weighted by molar-refractivity contribution is 0.0938. The highest BCUT2D eigenvalue weighted by molar-refractivity contribution is 6.10. The number of carbonyl (C=O) groups excluding carboxylic acids is 2. The summed E-state index contributed by atoms with van der Waals surface area (Å²) in [6.45, 7) is 1.54. The van der Waals surface area contributed by atoms with E-state index in [9.17, 15) is 9.59 Å². The number of anilines is 1. The van der Waals surface area contributed by atoms with Gasteiger partial charge in [0.25, 0.3) is 11.8 Å². The molecule has 7 nitrogen and oxygen atoms in total. The van der Waals surface area contributed by atoms with Gasteiger partial charge in [0.1, 0.15) is 12.4 Å². The van der Waals surface area contributed by atoms with E-state index in [1.807, 2.05) is 0 Å². The summed E-state index contributed by atoms with van der Waals surface area (Å²) < 4.78 is 15.5. The number of benzene rings is 2. The van der Waals surface area contributed by atoms with Gasteiger partial charge >= 0.3 is 0 Å². The van der Waals surface area contributed by atoms with Gasteiger partial charge in [-0.05, 0) is 24.3 Å². The third-order valence-corrected chi connectivity index (χ3v) is 3.69. The Morgan fingerprint density at radius 3 is 2.22 bits per heavy atom. The highest BCUT2D eigenvalue weighted by Crippen LogP contribution is 2.21. The molecule has 0 unspecified atom stereocenters. The van der Waals surface area contributed by atoms with Crippen molar-refractivity contribution in [1.29, 1.82) is 0 Å². The van der Waals surface area contributed by atoms with E-state index in [4.69, 9.17) is 14.2 Å². The third-order valence-electron chi connectivity index (χ3n) is 3.69. The quantitative estimate of drug-likeness (QED) is 0.625. The molecule has 2 rings (SSSR count). The molecular weight excluding hydrogens is 348 g/mol. The molecule has 0 saturated carbocycles. The molecule has 0 bridgehead atoms. The van der Waals surface area contributed by atoms with Crippen LogP contribution in [-0.2, 0) is 9.47 Å². The fraction of sp³-hybridized carbons (Fsp3) is 0.300. The van der Waals surface area contributed by atoms with Gasteiger partial charge < -0.3 is 24.8 Å². The Morgan fingerprint density at radius 2 is 1.48 bits per heavy atom. The molecule has 0 atom stereocenters. The van der Waals surface area contributed by atoms with Crippen LogP contribution in [0.25, 0.3) is 0 Å². The molecule has 144 valence electrons. The molecule has 0 aliphatic rings. The zero-order chi connectivity index (χ0) is 19.5. The molecule has 0 aromatic heterocycles. The van der Waals surface area contributed by atoms with Crippen molar-refractivity contribution in [3.63, 3.8) is 0 Å². The van der Waals surface area contributed by atoms with E-state index in [2.05, 4.69) is 10.6 Å². The fourth-order valence-corrected chi connectivity index (χ4v) is 2.36. The summed E-state index contributed by atoms with van der Waals surface area (Å²) in [5.41, 5.74) is 1.17. The van der Waals surface area contributed by atoms with Crippen LogP contribution in [0.5, 0.6) is 5.75 Å². The smallest absolute Gasteiger partial charge is 0.259 e. The van der Waals surface area contributed by atoms with Crippen LogP contribution in [0.2, 0.25) is 0 Å². The maximum atomic E-state index is 12.7. The molecule has 2 aromatic carbocycles. The minimum atomic E-state index is -0.361. The summed E-state index contributed by atoms with van der Waals surface area (Å²) >= 11 is 0. The number of rotatable bonds is 10. The molecule has 0 aliphatic carbocycles. The van der Waals surface area contributed by atoms with Crippen molar-refractivity contribution in [2.45, 2.75) is 0 Å². The van der Waals surface area contributed by atoms with Crippen molar-refractivity contribution in [2.24, 2.45) is 0 Å². The lowest BCUT2D eigenvalue weighted by Crippen LogP contribution is -2.28. The van der Waals surface area contributed by atoms with Gasteiger partial charge in [0.2, 0.25) is 0 Å². The Bertz CT molecular complexity index is 764. The topological polar surface area (TPSA) is 85.9 Å². The number of para-hydroxylation sites is 2. The van der Waals surface area contributed by atoms with Gasteiger partial charge in [-0.15, -0.1) is 0 Å². The number of amides is 2. The number of carbonyl (C=O) groups is 2. The predicted molar refractivity (Wildman–Crippen MR) is 102 cm³/mol. The Labute approximate surface area is 158 Å². The molecule has 2 amide bonds. The zero-order valence-electron chi connectivity index (χ0n) is 15.5. The van der Waals surface area contributed by atoms with Gasteiger partial charge in [-0.2, -0.15) is 0 Å². The molecule has 0 aliphatic heterocycles. The van der Waals surface area contributed by atoms with Gasteiger partial charge in [0.05, 0.1) is 30.0 Å². The average molecular weight is 372 g/mol. The Hall–Kier alpha value is -2.90. The first-order chi connectivity index (χ1) is 13.2. The number of hydrogen-bond donors (Lipinski definition) is 2. The van der Waals surface area contributed by atoms with Gasteiger partial charge in [-0.1, -0.05) is 24.3 Å². The van der Waals surface area contributed by atoms with E-state index in [0.717, 1.165) is 0 Å². The first-order valence-electron chi connectivity index (χ1n) is 8.55. The van der Waals surface area contributed by atoms with Crippen LogP contribution in [0, 0.1) is 0 Å². The van der Waals surface area contributed by atoms with Gasteiger partial charge in [0, 0.05) is 20.8 Å². The average Bonchev–Trinajstić information content (AvgIpc) is 2.69. The van der Waals surface area contributed by atoms with Crippen LogP contribution in [0.3, 0.4) is 0 Å². The SMILES string of the molecule is COCCNC(=O)c1ccccc1NC(=O)c1ccccc1OCCOC. The van der Waals surface area contributed by atoms with Crippen molar-refractivity contribution in [2.75, 3.05) is 45.9 Å². The second kappa shape index (κ2) is 10.9. The predicted octanol–water partition coefficient (Wildman–Crippen LogP) is 2.34. The standard InChI is InChI=1S/C20H24N2O5/c1-25-12-11-21-19(23)15-7-3-5-9-17(15)22-20(24)16-8-4-6-10-18(16)27-14-13-26-2/h3-10H,11-14H2,1-2H3,(H,21,23)(H,22,24). The van der Waals surface area contributed by atoms with E-state index in [-0.39, 0.29) is 11.8 Å². The largest absolute Gasteiger partial charge is 0.490 e. The molecule has 0 heterocycles. The summed E-state index contributed by atoms with van der Waals surface area (Å²) in [5.74, 6) is -0.193. The summed E-state index contributed by atoms with van der Waals surface area (Å²) in [6.07, 6.45) is 0. The van der Waals surface area contributed by atoms with Crippen molar-refractivity contribution in [3.05, 3.63) is 59.7 Å². The Morgan fingerprint density at radius 1 is 0.815 bits per heavy atom. The third kappa shape index (κ3) is 6.09. The fourth-order valence-electron chi connectivity index (χ4n) is 2.36. The Balaban J connectivity index is 2.13. The summed E-state index contributed by atoms with van der Waals surface area (Å²) in [4.78, 5) is 25.1. The molecule has 0 saturated heterocycles. The van der Waals surface area contributed by atoms with Crippen LogP contribution < -0.4 is 15.4 Å². The van der Waals surface area contributed by atoms with E-state index in [1.54, 1.807) is 62.8 Å². The molecule has 0 spiro atoms. The van der Waals surface area contributed by atoms with Crippen molar-refractivity contribution in [3.8, 4) is 5.75 Å². The molecule has 0 fully saturated rings. The molecule has 2 N–H and O–H groups in total. The first-order valence-corrected chi connectivity index (χ1v) is 8.55. The Kier molecular flexibility index (Phi) is 8.28. The molecular formula is C20H24N2O5. The zero-order valence-corrected chi connectivity index (χ0v) is 15.5. The van der Waals surface area contributed by atoms with Crippen molar-refractivity contribution < 1.29 is 23.8 Å². The van der Waals surface area contributed by atoms with Gasteiger partial charge in [-0.25, -0.2) is 0 Å². The minimum absolute atomic E-state index is 0.285. The molecule has 27 heavy (non-hydrogen) atoms. The lowest BCUT2D eigenvalue weighted by atomic mass is 10.1. The number of nitrogens with one attached hydrogen (secondary N) is 2. The highest BCUT2D eigenvalue weighted by atomic mass is 16.5. The van der Waals surface area contributed by atoms with Crippen LogP contribution >= 0.6 is 0 Å². The molecule has 7 heteroatoms. The molecule has 0 radical (unpaired) electrons. The van der Waals surface area contributed by atoms with E-state index < -0.39 is 0 Å². The van der Waals surface area contributed by atoms with E-state index >= 15 is 0 Å². The van der Waals surface area contributed by atoms with Crippen molar-refractivity contribution in [1.82, 2.24) is 5.32 Å². The van der Waals surface area contributed by atoms with Gasteiger partial charge in [-0.3, -0.25) is 9.59 Å². The number of hydrogen-bond acceptors (Lipinski definition) is 5. The summed E-state index contributed by atoms with van der Waals surface area (Å²) in [7, 11) is 3.14. The second-order valence-corrected chi connectivity index (χ2v) is 5.59. The van der Waals surface area contributed by atoms with Crippen molar-refractivity contribution >= 4 is 17.5 Å². The second-order valence-electron chi connectivity index (χ2n) is 5.59. The summed E-state index contributed by atoms with van der Waals surface area (Å²) in [5, 5.41) is 5.53. The van der Waals surface area contributed by atoms with E-state index in [1.165, 1.54) is 0 Å². The van der Waals surface area contributed by atoms with Crippen LogP contribution in [0.1, 0.15) is 20.7 Å². The van der Waals surface area contributed by atoms with E-state index in [0.29, 0.717) is 48.9 Å². The van der Waals surface area contributed by atoms with Crippen LogP contribution in [0.4, 0.5) is 5.69 Å². The first kappa shape index (κ1) is 20.4. The van der Waals surface area contributed by atoms with Gasteiger partial charge in [0.15, 0.2) is 0 Å². The maximum absolute atomic E-state index is 12.7. The number of methoxy groups -OCH3 is 2. The normalized spacial score (nSPS) is 10.3.